The first-order valence-corrected chi connectivity index (χ1v) is 5.27. The van der Waals surface area contributed by atoms with Crippen LogP contribution in [-0.4, -0.2) is 20.8 Å². The molecule has 1 rings (SSSR count). The van der Waals surface area contributed by atoms with Crippen molar-refractivity contribution in [1.29, 1.82) is 0 Å². The van der Waals surface area contributed by atoms with E-state index in [1.807, 2.05) is 7.05 Å². The fraction of sp³-hybridized carbons (Fsp3) is 0.800. The van der Waals surface area contributed by atoms with Gasteiger partial charge in [0.25, 0.3) is 0 Å². The lowest BCUT2D eigenvalue weighted by atomic mass is 9.92. The van der Waals surface area contributed by atoms with Crippen LogP contribution in [0.5, 0.6) is 0 Å². The summed E-state index contributed by atoms with van der Waals surface area (Å²) in [5.74, 6) is 1.57. The Labute approximate surface area is 85.5 Å². The smallest absolute Gasteiger partial charge is 0.138 e. The van der Waals surface area contributed by atoms with Crippen LogP contribution in [0.1, 0.15) is 32.5 Å². The maximum Gasteiger partial charge on any atom is 0.138 e. The predicted molar refractivity (Wildman–Crippen MR) is 56.8 cm³/mol. The lowest BCUT2D eigenvalue weighted by molar-refractivity contribution is 0.385. The third-order valence-electron chi connectivity index (χ3n) is 2.88. The zero-order valence-electron chi connectivity index (χ0n) is 9.27. The Kier molecular flexibility index (Phi) is 4.07. The molecule has 0 saturated heterocycles. The van der Waals surface area contributed by atoms with E-state index in [1.165, 1.54) is 0 Å². The molecule has 0 bridgehead atoms. The maximum atomic E-state index is 6.12. The molecular weight excluding hydrogens is 176 g/mol. The van der Waals surface area contributed by atoms with Gasteiger partial charge < -0.3 is 5.73 Å². The summed E-state index contributed by atoms with van der Waals surface area (Å²) in [4.78, 5) is 4.18. The van der Waals surface area contributed by atoms with Crippen LogP contribution in [-0.2, 0) is 13.5 Å². The number of rotatable bonds is 5. The van der Waals surface area contributed by atoms with Crippen molar-refractivity contribution in [2.45, 2.75) is 39.2 Å². The standard InChI is InChI=1S/C10H20N4/c1-4-8(5-2)9(11)6-10-12-7-13-14(10)3/h7-9H,4-6,11H2,1-3H3. The summed E-state index contributed by atoms with van der Waals surface area (Å²) in [6.07, 6.45) is 4.67. The van der Waals surface area contributed by atoms with Crippen LogP contribution in [0.15, 0.2) is 6.33 Å². The molecule has 1 aromatic rings. The molecule has 0 aliphatic carbocycles. The number of aromatic nitrogens is 3. The summed E-state index contributed by atoms with van der Waals surface area (Å²) in [5, 5.41) is 4.03. The van der Waals surface area contributed by atoms with E-state index in [2.05, 4.69) is 23.9 Å². The van der Waals surface area contributed by atoms with Gasteiger partial charge in [-0.25, -0.2) is 4.98 Å². The lowest BCUT2D eigenvalue weighted by Crippen LogP contribution is -2.32. The Morgan fingerprint density at radius 2 is 2.07 bits per heavy atom. The van der Waals surface area contributed by atoms with Gasteiger partial charge in [0.1, 0.15) is 12.2 Å². The molecule has 4 nitrogen and oxygen atoms in total. The summed E-state index contributed by atoms with van der Waals surface area (Å²) in [6, 6.07) is 0.202. The topological polar surface area (TPSA) is 56.7 Å². The molecule has 1 atom stereocenters. The third kappa shape index (κ3) is 2.54. The number of aryl methyl sites for hydroxylation is 1. The number of hydrogen-bond acceptors (Lipinski definition) is 3. The van der Waals surface area contributed by atoms with Crippen LogP contribution < -0.4 is 5.73 Å². The molecule has 0 aliphatic heterocycles. The van der Waals surface area contributed by atoms with E-state index in [0.717, 1.165) is 25.1 Å². The van der Waals surface area contributed by atoms with Crippen LogP contribution in [0.4, 0.5) is 0 Å². The molecule has 4 heteroatoms. The second-order valence-corrected chi connectivity index (χ2v) is 3.74. The van der Waals surface area contributed by atoms with Crippen molar-refractivity contribution in [1.82, 2.24) is 14.8 Å². The summed E-state index contributed by atoms with van der Waals surface area (Å²) < 4.78 is 1.79. The molecule has 0 fully saturated rings. The molecule has 0 amide bonds. The van der Waals surface area contributed by atoms with Crippen molar-refractivity contribution in [3.8, 4) is 0 Å². The average Bonchev–Trinajstić information content (AvgIpc) is 2.54. The van der Waals surface area contributed by atoms with Crippen molar-refractivity contribution < 1.29 is 0 Å². The second kappa shape index (κ2) is 5.10. The minimum Gasteiger partial charge on any atom is -0.327 e. The van der Waals surface area contributed by atoms with Crippen LogP contribution in [0, 0.1) is 5.92 Å². The van der Waals surface area contributed by atoms with E-state index in [-0.39, 0.29) is 6.04 Å². The third-order valence-corrected chi connectivity index (χ3v) is 2.88. The van der Waals surface area contributed by atoms with Crippen LogP contribution in [0.3, 0.4) is 0 Å². The van der Waals surface area contributed by atoms with Crippen LogP contribution in [0.25, 0.3) is 0 Å². The summed E-state index contributed by atoms with van der Waals surface area (Å²) >= 11 is 0. The fourth-order valence-corrected chi connectivity index (χ4v) is 1.78. The van der Waals surface area contributed by atoms with Gasteiger partial charge in [-0.2, -0.15) is 5.10 Å². The Balaban J connectivity index is 2.56. The van der Waals surface area contributed by atoms with E-state index >= 15 is 0 Å². The van der Waals surface area contributed by atoms with E-state index in [9.17, 15) is 0 Å². The van der Waals surface area contributed by atoms with Gasteiger partial charge in [-0.3, -0.25) is 4.68 Å². The monoisotopic (exact) mass is 196 g/mol. The van der Waals surface area contributed by atoms with Crippen molar-refractivity contribution >= 4 is 0 Å². The predicted octanol–water partition coefficient (Wildman–Crippen LogP) is 1.12. The molecule has 0 radical (unpaired) electrons. The number of nitrogens with two attached hydrogens (primary N) is 1. The number of hydrogen-bond donors (Lipinski definition) is 1. The Morgan fingerprint density at radius 1 is 1.43 bits per heavy atom. The Hall–Kier alpha value is -0.900. The first kappa shape index (κ1) is 11.2. The first-order valence-electron chi connectivity index (χ1n) is 5.27. The first-order chi connectivity index (χ1) is 6.69. The van der Waals surface area contributed by atoms with Crippen LogP contribution in [0.2, 0.25) is 0 Å². The zero-order chi connectivity index (χ0) is 10.6. The van der Waals surface area contributed by atoms with Gasteiger partial charge in [-0.05, 0) is 5.92 Å². The zero-order valence-corrected chi connectivity index (χ0v) is 9.27. The van der Waals surface area contributed by atoms with E-state index < -0.39 is 0 Å². The quantitative estimate of drug-likeness (QED) is 0.767. The largest absolute Gasteiger partial charge is 0.327 e. The van der Waals surface area contributed by atoms with Gasteiger partial charge in [0.05, 0.1) is 0 Å². The summed E-state index contributed by atoms with van der Waals surface area (Å²) in [6.45, 7) is 4.37. The number of nitrogens with zero attached hydrogens (tertiary/aromatic N) is 3. The van der Waals surface area contributed by atoms with Crippen molar-refractivity contribution in [2.75, 3.05) is 0 Å². The Bertz CT molecular complexity index is 265. The highest BCUT2D eigenvalue weighted by Gasteiger charge is 2.16. The molecule has 1 unspecified atom stereocenters. The fourth-order valence-electron chi connectivity index (χ4n) is 1.78. The van der Waals surface area contributed by atoms with E-state index in [1.54, 1.807) is 11.0 Å². The maximum absolute atomic E-state index is 6.12. The SMILES string of the molecule is CCC(CC)C(N)Cc1ncnn1C. The van der Waals surface area contributed by atoms with Gasteiger partial charge in [0, 0.05) is 19.5 Å². The van der Waals surface area contributed by atoms with Crippen molar-refractivity contribution in [3.63, 3.8) is 0 Å². The average molecular weight is 196 g/mol. The summed E-state index contributed by atoms with van der Waals surface area (Å²) in [7, 11) is 1.90. The highest BCUT2D eigenvalue weighted by Crippen LogP contribution is 2.14. The van der Waals surface area contributed by atoms with Gasteiger partial charge in [-0.15, -0.1) is 0 Å². The van der Waals surface area contributed by atoms with E-state index in [4.69, 9.17) is 5.73 Å². The minimum absolute atomic E-state index is 0.202. The highest BCUT2D eigenvalue weighted by atomic mass is 15.3. The molecule has 0 spiro atoms. The molecule has 0 aromatic carbocycles. The molecule has 1 heterocycles. The van der Waals surface area contributed by atoms with E-state index in [0.29, 0.717) is 5.92 Å². The normalized spacial score (nSPS) is 13.5. The van der Waals surface area contributed by atoms with Crippen LogP contribution >= 0.6 is 0 Å². The van der Waals surface area contributed by atoms with Gasteiger partial charge in [0.15, 0.2) is 0 Å². The molecule has 0 aliphatic rings. The van der Waals surface area contributed by atoms with Gasteiger partial charge >= 0.3 is 0 Å². The van der Waals surface area contributed by atoms with Crippen molar-refractivity contribution in [2.24, 2.45) is 18.7 Å². The molecule has 80 valence electrons. The highest BCUT2D eigenvalue weighted by molar-refractivity contribution is 4.89. The molecule has 2 N–H and O–H groups in total. The minimum atomic E-state index is 0.202. The molecule has 14 heavy (non-hydrogen) atoms. The van der Waals surface area contributed by atoms with Gasteiger partial charge in [0.2, 0.25) is 0 Å². The molecule has 1 aromatic heterocycles. The molecular formula is C10H20N4. The van der Waals surface area contributed by atoms with Gasteiger partial charge in [-0.1, -0.05) is 26.7 Å². The summed E-state index contributed by atoms with van der Waals surface area (Å²) in [5.41, 5.74) is 6.12. The lowest BCUT2D eigenvalue weighted by Gasteiger charge is -2.20. The van der Waals surface area contributed by atoms with Crippen molar-refractivity contribution in [3.05, 3.63) is 12.2 Å². The molecule has 0 saturated carbocycles. The second-order valence-electron chi connectivity index (χ2n) is 3.74. The Morgan fingerprint density at radius 3 is 2.50 bits per heavy atom.